The second-order valence-electron chi connectivity index (χ2n) is 8.51. The minimum Gasteiger partial charge on any atom is -0.480 e. The monoisotopic (exact) mass is 519 g/mol. The summed E-state index contributed by atoms with van der Waals surface area (Å²) < 4.78 is 0. The summed E-state index contributed by atoms with van der Waals surface area (Å²) in [6.07, 6.45) is 1.11. The first kappa shape index (κ1) is 27.2. The fourth-order valence-electron chi connectivity index (χ4n) is 3.97. The Hall–Kier alpha value is -3.42. The van der Waals surface area contributed by atoms with Gasteiger partial charge in [0.05, 0.1) is 6.42 Å². The molecule has 3 rings (SSSR count). The Morgan fingerprint density at radius 1 is 1.11 bits per heavy atom. The highest BCUT2D eigenvalue weighted by Gasteiger charge is 2.54. The molecule has 2 heterocycles. The van der Waals surface area contributed by atoms with E-state index in [1.54, 1.807) is 30.3 Å². The van der Waals surface area contributed by atoms with Crippen molar-refractivity contribution in [2.75, 3.05) is 12.3 Å². The van der Waals surface area contributed by atoms with Crippen molar-refractivity contribution < 1.29 is 34.2 Å². The summed E-state index contributed by atoms with van der Waals surface area (Å²) in [7, 11) is 0. The van der Waals surface area contributed by atoms with E-state index in [1.807, 2.05) is 0 Å². The molecule has 0 bridgehead atoms. The van der Waals surface area contributed by atoms with E-state index in [0.717, 1.165) is 4.90 Å². The molecule has 1 saturated heterocycles. The Balaban J connectivity index is 1.56. The first-order chi connectivity index (χ1) is 17.1. The van der Waals surface area contributed by atoms with Crippen LogP contribution in [0.5, 0.6) is 0 Å². The van der Waals surface area contributed by atoms with Crippen LogP contribution < -0.4 is 22.1 Å². The lowest BCUT2D eigenvalue weighted by Crippen LogP contribution is -2.71. The molecule has 0 saturated carbocycles. The van der Waals surface area contributed by atoms with Crippen molar-refractivity contribution in [3.63, 3.8) is 0 Å². The number of rotatable bonds is 12. The minimum atomic E-state index is -1.33. The van der Waals surface area contributed by atoms with Gasteiger partial charge in [-0.2, -0.15) is 0 Å². The highest BCUT2D eigenvalue weighted by atomic mass is 32.2. The number of nitrogens with one attached hydrogen (secondary N) is 2. The number of β-lactam (4-membered cyclic amide) rings is 1. The molecule has 4 atom stereocenters. The van der Waals surface area contributed by atoms with Gasteiger partial charge in [-0.05, 0) is 30.4 Å². The van der Waals surface area contributed by atoms with Gasteiger partial charge in [0, 0.05) is 12.3 Å². The van der Waals surface area contributed by atoms with Crippen molar-refractivity contribution >= 4 is 41.4 Å². The van der Waals surface area contributed by atoms with Crippen molar-refractivity contribution in [1.29, 1.82) is 0 Å². The van der Waals surface area contributed by atoms with Gasteiger partial charge < -0.3 is 32.3 Å². The molecule has 0 spiro atoms. The molecule has 2 aliphatic rings. The number of carbonyl (C=O) groups excluding carboxylic acids is 3. The SMILES string of the molecule is NC(CCCCNC(=O)CC1=C(C(=O)O)N2C(=O)[C@@H](NC(=O)[C@@H](N)c3ccccc3)[C@@H]2SC1)C(=O)O. The highest BCUT2D eigenvalue weighted by molar-refractivity contribution is 8.00. The first-order valence-corrected chi connectivity index (χ1v) is 12.4. The van der Waals surface area contributed by atoms with Crippen LogP contribution in [0.1, 0.15) is 37.3 Å². The van der Waals surface area contributed by atoms with Crippen LogP contribution in [-0.4, -0.2) is 74.5 Å². The van der Waals surface area contributed by atoms with Gasteiger partial charge in [0.25, 0.3) is 5.91 Å². The third kappa shape index (κ3) is 6.22. The van der Waals surface area contributed by atoms with Crippen LogP contribution in [0.25, 0.3) is 0 Å². The van der Waals surface area contributed by atoms with Crippen LogP contribution in [0.3, 0.4) is 0 Å². The number of aliphatic carboxylic acids is 2. The van der Waals surface area contributed by atoms with E-state index in [1.165, 1.54) is 11.8 Å². The largest absolute Gasteiger partial charge is 0.480 e. The van der Waals surface area contributed by atoms with Crippen LogP contribution in [-0.2, 0) is 24.0 Å². The highest BCUT2D eigenvalue weighted by Crippen LogP contribution is 2.41. The number of nitrogens with two attached hydrogens (primary N) is 2. The fraction of sp³-hybridized carbons (Fsp3) is 0.435. The molecule has 1 fully saturated rings. The average molecular weight is 520 g/mol. The lowest BCUT2D eigenvalue weighted by Gasteiger charge is -2.49. The minimum absolute atomic E-state index is 0.199. The van der Waals surface area contributed by atoms with E-state index >= 15 is 0 Å². The average Bonchev–Trinajstić information content (AvgIpc) is 2.86. The number of amides is 3. The topological polar surface area (TPSA) is 205 Å². The van der Waals surface area contributed by atoms with Crippen LogP contribution in [0, 0.1) is 0 Å². The first-order valence-electron chi connectivity index (χ1n) is 11.4. The van der Waals surface area contributed by atoms with Gasteiger partial charge in [-0.3, -0.25) is 24.1 Å². The van der Waals surface area contributed by atoms with E-state index in [9.17, 15) is 29.1 Å². The second-order valence-corrected chi connectivity index (χ2v) is 9.61. The molecule has 0 aliphatic carbocycles. The van der Waals surface area contributed by atoms with Crippen LogP contribution >= 0.6 is 11.8 Å². The predicted molar refractivity (Wildman–Crippen MR) is 130 cm³/mol. The fourth-order valence-corrected chi connectivity index (χ4v) is 5.32. The molecule has 1 unspecified atom stereocenters. The van der Waals surface area contributed by atoms with E-state index in [-0.39, 0.29) is 30.8 Å². The van der Waals surface area contributed by atoms with Gasteiger partial charge in [0.1, 0.15) is 29.2 Å². The maximum absolute atomic E-state index is 12.8. The van der Waals surface area contributed by atoms with Crippen molar-refractivity contribution in [1.82, 2.24) is 15.5 Å². The smallest absolute Gasteiger partial charge is 0.352 e. The van der Waals surface area contributed by atoms with E-state index < -0.39 is 53.2 Å². The Kier molecular flexibility index (Phi) is 9.07. The standard InChI is InChI=1S/C23H29N5O7S/c24-14(22(32)33)8-4-5-9-26-15(29)10-13-11-36-21-17(20(31)28(21)18(13)23(34)35)27-19(30)16(25)12-6-2-1-3-7-12/h1-3,6-7,14,16-17,21H,4-5,8-11,24-25H2,(H,26,29)(H,27,30)(H,32,33)(H,34,35)/t14?,16-,17+,21-/m0/s1. The summed E-state index contributed by atoms with van der Waals surface area (Å²) >= 11 is 1.26. The summed E-state index contributed by atoms with van der Waals surface area (Å²) in [5, 5.41) is 23.2. The Labute approximate surface area is 211 Å². The molecule has 36 heavy (non-hydrogen) atoms. The molecular weight excluding hydrogens is 490 g/mol. The van der Waals surface area contributed by atoms with Gasteiger partial charge in [-0.25, -0.2) is 4.79 Å². The summed E-state index contributed by atoms with van der Waals surface area (Å²) in [5.41, 5.74) is 12.1. The van der Waals surface area contributed by atoms with Gasteiger partial charge in [-0.1, -0.05) is 30.3 Å². The summed E-state index contributed by atoms with van der Waals surface area (Å²) in [4.78, 5) is 61.5. The lowest BCUT2D eigenvalue weighted by molar-refractivity contribution is -0.151. The molecule has 0 aromatic heterocycles. The number of thioether (sulfide) groups is 1. The molecule has 194 valence electrons. The molecule has 1 aromatic carbocycles. The zero-order valence-corrected chi connectivity index (χ0v) is 20.2. The molecular formula is C23H29N5O7S. The molecule has 13 heteroatoms. The van der Waals surface area contributed by atoms with Crippen LogP contribution in [0.2, 0.25) is 0 Å². The Morgan fingerprint density at radius 3 is 2.44 bits per heavy atom. The zero-order chi connectivity index (χ0) is 26.4. The van der Waals surface area contributed by atoms with Gasteiger partial charge in [0.15, 0.2) is 0 Å². The van der Waals surface area contributed by atoms with E-state index in [4.69, 9.17) is 16.6 Å². The molecule has 2 aliphatic heterocycles. The summed E-state index contributed by atoms with van der Waals surface area (Å²) in [5.74, 6) is -3.74. The maximum Gasteiger partial charge on any atom is 0.352 e. The zero-order valence-electron chi connectivity index (χ0n) is 19.4. The number of nitrogens with zero attached hydrogens (tertiary/aromatic N) is 1. The maximum atomic E-state index is 12.8. The number of unbranched alkanes of at least 4 members (excludes halogenated alkanes) is 1. The van der Waals surface area contributed by atoms with E-state index in [0.29, 0.717) is 24.0 Å². The third-order valence-electron chi connectivity index (χ3n) is 5.94. The summed E-state index contributed by atoms with van der Waals surface area (Å²) in [6.45, 7) is 0.287. The normalized spacial score (nSPS) is 20.6. The quantitative estimate of drug-likeness (QED) is 0.154. The molecule has 3 amide bonds. The van der Waals surface area contributed by atoms with Crippen molar-refractivity contribution in [3.05, 3.63) is 47.2 Å². The Morgan fingerprint density at radius 2 is 1.81 bits per heavy atom. The number of hydrogen-bond donors (Lipinski definition) is 6. The number of carboxylic acid groups (broad SMARTS) is 2. The third-order valence-corrected chi connectivity index (χ3v) is 7.28. The number of fused-ring (bicyclic) bond motifs is 1. The molecule has 12 nitrogen and oxygen atoms in total. The molecule has 1 aromatic rings. The number of benzene rings is 1. The second kappa shape index (κ2) is 12.0. The van der Waals surface area contributed by atoms with Crippen molar-refractivity contribution in [2.24, 2.45) is 11.5 Å². The van der Waals surface area contributed by atoms with Crippen LogP contribution in [0.4, 0.5) is 0 Å². The van der Waals surface area contributed by atoms with Crippen molar-refractivity contribution in [2.45, 2.75) is 49.2 Å². The molecule has 0 radical (unpaired) electrons. The predicted octanol–water partition coefficient (Wildman–Crippen LogP) is -0.486. The van der Waals surface area contributed by atoms with Gasteiger partial charge in [0.2, 0.25) is 11.8 Å². The Bertz CT molecular complexity index is 1060. The van der Waals surface area contributed by atoms with Gasteiger partial charge in [-0.15, -0.1) is 11.8 Å². The summed E-state index contributed by atoms with van der Waals surface area (Å²) in [6, 6.07) is 5.82. The number of hydrogen-bond acceptors (Lipinski definition) is 8. The van der Waals surface area contributed by atoms with Gasteiger partial charge >= 0.3 is 11.9 Å². The lowest BCUT2D eigenvalue weighted by atomic mass is 10.00. The van der Waals surface area contributed by atoms with E-state index in [2.05, 4.69) is 10.6 Å². The molecule has 8 N–H and O–H groups in total. The number of carbonyl (C=O) groups is 5. The number of carboxylic acids is 2. The van der Waals surface area contributed by atoms with Crippen LogP contribution in [0.15, 0.2) is 41.6 Å². The van der Waals surface area contributed by atoms with Crippen molar-refractivity contribution in [3.8, 4) is 0 Å².